The summed E-state index contributed by atoms with van der Waals surface area (Å²) in [6.45, 7) is 0.944. The van der Waals surface area contributed by atoms with Gasteiger partial charge in [-0.3, -0.25) is 9.36 Å². The molecule has 0 aliphatic heterocycles. The van der Waals surface area contributed by atoms with E-state index in [4.69, 9.17) is 9.97 Å². The highest BCUT2D eigenvalue weighted by Crippen LogP contribution is 2.31. The number of hydrogen-bond donors (Lipinski definition) is 1. The molecule has 1 aliphatic carbocycles. The second kappa shape index (κ2) is 8.34. The number of aromatic nitrogens is 6. The van der Waals surface area contributed by atoms with E-state index in [0.29, 0.717) is 11.7 Å². The summed E-state index contributed by atoms with van der Waals surface area (Å²) >= 11 is 0. The maximum Gasteiger partial charge on any atom is 0.161 e. The molecule has 4 aromatic rings. The van der Waals surface area contributed by atoms with E-state index in [9.17, 15) is 0 Å². The maximum absolute atomic E-state index is 4.95. The van der Waals surface area contributed by atoms with Crippen molar-refractivity contribution in [1.82, 2.24) is 29.5 Å². The third kappa shape index (κ3) is 4.21. The first kappa shape index (κ1) is 19.5. The number of rotatable bonds is 6. The van der Waals surface area contributed by atoms with E-state index in [1.165, 1.54) is 25.7 Å². The van der Waals surface area contributed by atoms with Crippen LogP contribution in [0.4, 0.5) is 5.82 Å². The Kier molecular flexibility index (Phi) is 5.24. The van der Waals surface area contributed by atoms with Crippen molar-refractivity contribution in [2.45, 2.75) is 25.7 Å². The van der Waals surface area contributed by atoms with E-state index in [2.05, 4.69) is 33.7 Å². The van der Waals surface area contributed by atoms with Crippen LogP contribution in [0.1, 0.15) is 25.7 Å². The molecule has 1 N–H and O–H groups in total. The molecule has 0 radical (unpaired) electrons. The Balaban J connectivity index is 1.49. The van der Waals surface area contributed by atoms with Gasteiger partial charge < -0.3 is 5.32 Å². The van der Waals surface area contributed by atoms with Crippen LogP contribution < -0.4 is 5.32 Å². The molecule has 7 nitrogen and oxygen atoms in total. The van der Waals surface area contributed by atoms with Crippen LogP contribution in [0.25, 0.3) is 33.6 Å². The van der Waals surface area contributed by atoms with Gasteiger partial charge in [0.2, 0.25) is 0 Å². The minimum Gasteiger partial charge on any atom is -0.369 e. The van der Waals surface area contributed by atoms with Crippen LogP contribution in [0.5, 0.6) is 0 Å². The van der Waals surface area contributed by atoms with Crippen molar-refractivity contribution in [3.05, 3.63) is 55.2 Å². The van der Waals surface area contributed by atoms with Crippen molar-refractivity contribution in [1.29, 1.82) is 0 Å². The van der Waals surface area contributed by atoms with Gasteiger partial charge in [0, 0.05) is 61.5 Å². The lowest BCUT2D eigenvalue weighted by atomic mass is 10.1. The summed E-state index contributed by atoms with van der Waals surface area (Å²) < 4.78 is 3.62. The zero-order valence-corrected chi connectivity index (χ0v) is 18.0. The lowest BCUT2D eigenvalue weighted by molar-refractivity contribution is 0.579. The maximum atomic E-state index is 4.95. The van der Waals surface area contributed by atoms with Gasteiger partial charge in [-0.05, 0) is 30.4 Å². The van der Waals surface area contributed by atoms with Crippen LogP contribution in [-0.2, 0) is 14.1 Å². The summed E-state index contributed by atoms with van der Waals surface area (Å²) in [7, 11) is 3.85. The van der Waals surface area contributed by atoms with Crippen LogP contribution in [0.3, 0.4) is 0 Å². The smallest absolute Gasteiger partial charge is 0.161 e. The zero-order chi connectivity index (χ0) is 21.2. The van der Waals surface area contributed by atoms with Crippen LogP contribution in [-0.4, -0.2) is 36.1 Å². The van der Waals surface area contributed by atoms with E-state index in [1.54, 1.807) is 4.68 Å². The molecule has 1 aliphatic rings. The highest BCUT2D eigenvalue weighted by atomic mass is 15.2. The van der Waals surface area contributed by atoms with Gasteiger partial charge in [0.1, 0.15) is 5.82 Å². The van der Waals surface area contributed by atoms with E-state index >= 15 is 0 Å². The normalized spacial score (nSPS) is 14.3. The molecule has 0 saturated heterocycles. The molecule has 31 heavy (non-hydrogen) atoms. The fraction of sp³-hybridized carbons (Fsp3) is 0.333. The molecule has 1 fully saturated rings. The predicted molar refractivity (Wildman–Crippen MR) is 122 cm³/mol. The van der Waals surface area contributed by atoms with E-state index in [1.807, 2.05) is 55.8 Å². The van der Waals surface area contributed by atoms with Gasteiger partial charge >= 0.3 is 0 Å². The number of nitrogens with one attached hydrogen (secondary N) is 1. The Bertz CT molecular complexity index is 1180. The van der Waals surface area contributed by atoms with Gasteiger partial charge in [-0.2, -0.15) is 10.2 Å². The molecular weight excluding hydrogens is 386 g/mol. The molecule has 0 amide bonds. The molecule has 7 heteroatoms. The Labute approximate surface area is 182 Å². The highest BCUT2D eigenvalue weighted by molar-refractivity contribution is 5.76. The molecule has 0 spiro atoms. The average Bonchev–Trinajstić information content (AvgIpc) is 3.55. The molecule has 1 aromatic carbocycles. The molecule has 3 aromatic heterocycles. The fourth-order valence-corrected chi connectivity index (χ4v) is 4.29. The minimum absolute atomic E-state index is 0.715. The topological polar surface area (TPSA) is 73.5 Å². The van der Waals surface area contributed by atoms with Gasteiger partial charge in [0.25, 0.3) is 0 Å². The SMILES string of the molecule is Cn1cc(-c2cccc(-c3ncc(-c4cnn(C)c4)c(NCC4CCCC4)n3)c2)cn1. The van der Waals surface area contributed by atoms with Gasteiger partial charge in [-0.1, -0.05) is 31.0 Å². The first-order valence-electron chi connectivity index (χ1n) is 10.8. The number of aryl methyl sites for hydroxylation is 2. The molecule has 3 heterocycles. The quantitative estimate of drug-likeness (QED) is 0.502. The van der Waals surface area contributed by atoms with Crippen molar-refractivity contribution in [2.75, 3.05) is 11.9 Å². The summed E-state index contributed by atoms with van der Waals surface area (Å²) in [4.78, 5) is 9.66. The lowest BCUT2D eigenvalue weighted by Gasteiger charge is -2.15. The summed E-state index contributed by atoms with van der Waals surface area (Å²) in [5, 5.41) is 12.2. The van der Waals surface area contributed by atoms with Crippen molar-refractivity contribution < 1.29 is 0 Å². The van der Waals surface area contributed by atoms with Crippen LogP contribution >= 0.6 is 0 Å². The van der Waals surface area contributed by atoms with Crippen LogP contribution in [0.15, 0.2) is 55.2 Å². The molecule has 5 rings (SSSR count). The second-order valence-corrected chi connectivity index (χ2v) is 8.37. The number of nitrogens with zero attached hydrogens (tertiary/aromatic N) is 6. The van der Waals surface area contributed by atoms with E-state index in [-0.39, 0.29) is 0 Å². The second-order valence-electron chi connectivity index (χ2n) is 8.37. The number of anilines is 1. The van der Waals surface area contributed by atoms with Gasteiger partial charge in [0.15, 0.2) is 5.82 Å². The highest BCUT2D eigenvalue weighted by Gasteiger charge is 2.17. The monoisotopic (exact) mass is 413 g/mol. The molecule has 1 saturated carbocycles. The third-order valence-electron chi connectivity index (χ3n) is 6.00. The molecule has 0 bridgehead atoms. The summed E-state index contributed by atoms with van der Waals surface area (Å²) in [6, 6.07) is 8.31. The minimum atomic E-state index is 0.715. The first-order chi connectivity index (χ1) is 15.2. The standard InChI is InChI=1S/C24H27N7/c1-30-15-20(12-27-30)18-8-5-9-19(10-18)23-26-14-22(21-13-28-31(2)16-21)24(29-23)25-11-17-6-3-4-7-17/h5,8-10,12-17H,3-4,6-7,11H2,1-2H3,(H,25,26,29). The predicted octanol–water partition coefficient (Wildman–Crippen LogP) is 4.55. The summed E-state index contributed by atoms with van der Waals surface area (Å²) in [5.74, 6) is 2.30. The summed E-state index contributed by atoms with van der Waals surface area (Å²) in [5.41, 5.74) is 5.18. The van der Waals surface area contributed by atoms with Crippen LogP contribution in [0.2, 0.25) is 0 Å². The molecule has 158 valence electrons. The Morgan fingerprint density at radius 1 is 0.903 bits per heavy atom. The zero-order valence-electron chi connectivity index (χ0n) is 18.0. The average molecular weight is 414 g/mol. The Morgan fingerprint density at radius 3 is 2.32 bits per heavy atom. The van der Waals surface area contributed by atoms with Crippen molar-refractivity contribution in [3.8, 4) is 33.6 Å². The largest absolute Gasteiger partial charge is 0.369 e. The first-order valence-corrected chi connectivity index (χ1v) is 10.8. The fourth-order valence-electron chi connectivity index (χ4n) is 4.29. The molecular formula is C24H27N7. The third-order valence-corrected chi connectivity index (χ3v) is 6.00. The molecule has 0 unspecified atom stereocenters. The van der Waals surface area contributed by atoms with Crippen molar-refractivity contribution in [3.63, 3.8) is 0 Å². The van der Waals surface area contributed by atoms with Gasteiger partial charge in [-0.15, -0.1) is 0 Å². The van der Waals surface area contributed by atoms with Gasteiger partial charge in [-0.25, -0.2) is 9.97 Å². The van der Waals surface area contributed by atoms with E-state index < -0.39 is 0 Å². The number of hydrogen-bond acceptors (Lipinski definition) is 5. The molecule has 0 atom stereocenters. The van der Waals surface area contributed by atoms with Gasteiger partial charge in [0.05, 0.1) is 12.4 Å². The van der Waals surface area contributed by atoms with E-state index in [0.717, 1.165) is 40.2 Å². The Hall–Kier alpha value is -3.48. The Morgan fingerprint density at radius 2 is 1.61 bits per heavy atom. The summed E-state index contributed by atoms with van der Waals surface area (Å²) in [6.07, 6.45) is 14.9. The number of benzene rings is 1. The van der Waals surface area contributed by atoms with Crippen molar-refractivity contribution in [2.24, 2.45) is 20.0 Å². The van der Waals surface area contributed by atoms with Crippen LogP contribution in [0, 0.1) is 5.92 Å². The van der Waals surface area contributed by atoms with Crippen molar-refractivity contribution >= 4 is 5.82 Å². The lowest BCUT2D eigenvalue weighted by Crippen LogP contribution is -2.13.